The summed E-state index contributed by atoms with van der Waals surface area (Å²) in [6.07, 6.45) is 3.46. The molecule has 0 saturated heterocycles. The first-order valence-corrected chi connectivity index (χ1v) is 8.74. The summed E-state index contributed by atoms with van der Waals surface area (Å²) < 4.78 is 32.8. The molecule has 0 bridgehead atoms. The third kappa shape index (κ3) is 9.46. The molecule has 0 aromatic carbocycles. The van der Waals surface area contributed by atoms with Crippen LogP contribution in [-0.4, -0.2) is 55.3 Å². The van der Waals surface area contributed by atoms with Crippen LogP contribution in [0.3, 0.4) is 0 Å². The van der Waals surface area contributed by atoms with Crippen LogP contribution in [0.4, 0.5) is 0 Å². The summed E-state index contributed by atoms with van der Waals surface area (Å²) in [4.78, 5) is 0. The van der Waals surface area contributed by atoms with Crippen LogP contribution >= 0.6 is 0 Å². The van der Waals surface area contributed by atoms with Gasteiger partial charge in [-0.2, -0.15) is 0 Å². The van der Waals surface area contributed by atoms with Crippen LogP contribution in [0, 0.1) is 0 Å². The maximum Gasteiger partial charge on any atom is 0.679 e. The van der Waals surface area contributed by atoms with E-state index in [2.05, 4.69) is 0 Å². The molecule has 0 unspecified atom stereocenters. The Hall–Kier alpha value is -0.443. The molecule has 0 spiro atoms. The van der Waals surface area contributed by atoms with Crippen molar-refractivity contribution >= 4 is 9.05 Å². The molecule has 0 N–H and O–H groups in total. The van der Waals surface area contributed by atoms with Crippen molar-refractivity contribution in [3.63, 3.8) is 0 Å². The van der Waals surface area contributed by atoms with E-state index in [1.807, 2.05) is 33.8 Å². The van der Waals surface area contributed by atoms with Gasteiger partial charge in [0.2, 0.25) is 0 Å². The normalized spacial score (nSPS) is 12.2. The van der Waals surface area contributed by atoms with Crippen LogP contribution < -0.4 is 0 Å². The van der Waals surface area contributed by atoms with E-state index in [9.17, 15) is 0 Å². The van der Waals surface area contributed by atoms with Crippen molar-refractivity contribution in [2.45, 2.75) is 27.7 Å². The number of hydrogen-bond donors (Lipinski definition) is 0. The van der Waals surface area contributed by atoms with E-state index >= 15 is 0 Å². The summed E-state index contributed by atoms with van der Waals surface area (Å²) in [6.45, 7) is 10.9. The van der Waals surface area contributed by atoms with E-state index < -0.39 is 9.05 Å². The summed E-state index contributed by atoms with van der Waals surface area (Å²) in [7, 11) is -3.00. The first-order chi connectivity index (χ1) is 9.74. The molecule has 0 aliphatic heterocycles. The zero-order chi connectivity index (χ0) is 15.1. The third-order valence-electron chi connectivity index (χ3n) is 2.05. The molecule has 0 atom stereocenters. The minimum atomic E-state index is -3.00. The highest BCUT2D eigenvalue weighted by Gasteiger charge is 2.44. The highest BCUT2D eigenvalue weighted by Crippen LogP contribution is 2.11. The Labute approximate surface area is 123 Å². The smallest absolute Gasteiger partial charge is 0.499 e. The summed E-state index contributed by atoms with van der Waals surface area (Å²) in [5.74, 6) is 0. The molecule has 120 valence electrons. The fourth-order valence-corrected chi connectivity index (χ4v) is 3.27. The lowest BCUT2D eigenvalue weighted by atomic mass is 10.7. The third-order valence-corrected chi connectivity index (χ3v) is 4.53. The van der Waals surface area contributed by atoms with Crippen molar-refractivity contribution in [1.82, 2.24) is 0 Å². The first kappa shape index (κ1) is 19.6. The second kappa shape index (κ2) is 13.5. The summed E-state index contributed by atoms with van der Waals surface area (Å²) in [5, 5.41) is 0. The van der Waals surface area contributed by atoms with Crippen molar-refractivity contribution in [3.8, 4) is 0 Å². The largest absolute Gasteiger partial charge is 0.679 e. The Morgan fingerprint density at radius 3 is 1.80 bits per heavy atom. The Bertz CT molecular complexity index is 220. The van der Waals surface area contributed by atoms with Gasteiger partial charge >= 0.3 is 9.05 Å². The Morgan fingerprint density at radius 2 is 1.30 bits per heavy atom. The summed E-state index contributed by atoms with van der Waals surface area (Å²) >= 11 is 0. The van der Waals surface area contributed by atoms with Crippen LogP contribution in [0.1, 0.15) is 27.7 Å². The van der Waals surface area contributed by atoms with Crippen LogP contribution in [0.5, 0.6) is 0 Å². The van der Waals surface area contributed by atoms with Crippen LogP contribution in [0.25, 0.3) is 0 Å². The van der Waals surface area contributed by atoms with Crippen LogP contribution in [0.15, 0.2) is 12.3 Å². The van der Waals surface area contributed by atoms with E-state index in [4.69, 9.17) is 27.2 Å². The van der Waals surface area contributed by atoms with Crippen molar-refractivity contribution in [1.29, 1.82) is 0 Å². The minimum absolute atomic E-state index is 0.371. The van der Waals surface area contributed by atoms with Gasteiger partial charge in [0, 0.05) is 19.8 Å². The Balaban J connectivity index is 3.88. The molecule has 0 heterocycles. The SMILES string of the molecule is CC=COCCOCCO[Si](OCC)(OCC)OCC. The van der Waals surface area contributed by atoms with Gasteiger partial charge in [-0.05, 0) is 27.7 Å². The molecule has 0 aromatic rings. The van der Waals surface area contributed by atoms with Crippen molar-refractivity contribution in [2.75, 3.05) is 46.2 Å². The zero-order valence-corrected chi connectivity index (χ0v) is 14.1. The standard InChI is InChI=1S/C13H28O6Si/c1-5-9-14-10-11-15-12-13-19-20(16-6-2,17-7-3)18-8-4/h5,9H,6-8,10-13H2,1-4H3. The fourth-order valence-electron chi connectivity index (χ4n) is 1.38. The highest BCUT2D eigenvalue weighted by molar-refractivity contribution is 6.53. The lowest BCUT2D eigenvalue weighted by Gasteiger charge is -2.26. The van der Waals surface area contributed by atoms with Crippen molar-refractivity contribution in [3.05, 3.63) is 12.3 Å². The maximum atomic E-state index is 5.67. The molecule has 0 aliphatic carbocycles. The molecule has 6 nitrogen and oxygen atoms in total. The van der Waals surface area contributed by atoms with Gasteiger partial charge in [0.25, 0.3) is 0 Å². The second-order valence-electron chi connectivity index (χ2n) is 3.60. The monoisotopic (exact) mass is 308 g/mol. The molecular formula is C13H28O6Si. The van der Waals surface area contributed by atoms with Gasteiger partial charge in [-0.3, -0.25) is 0 Å². The predicted octanol–water partition coefficient (Wildman–Crippen LogP) is 2.11. The average molecular weight is 308 g/mol. The molecule has 0 radical (unpaired) electrons. The predicted molar refractivity (Wildman–Crippen MR) is 78.2 cm³/mol. The van der Waals surface area contributed by atoms with E-state index in [1.54, 1.807) is 6.26 Å². The molecular weight excluding hydrogens is 280 g/mol. The van der Waals surface area contributed by atoms with Crippen LogP contribution in [0.2, 0.25) is 0 Å². The highest BCUT2D eigenvalue weighted by atomic mass is 28.4. The Morgan fingerprint density at radius 1 is 0.750 bits per heavy atom. The topological polar surface area (TPSA) is 55.4 Å². The molecule has 0 aromatic heterocycles. The number of rotatable bonds is 14. The van der Waals surface area contributed by atoms with Gasteiger partial charge in [-0.1, -0.05) is 6.08 Å². The lowest BCUT2D eigenvalue weighted by molar-refractivity contribution is -0.0410. The summed E-state index contributed by atoms with van der Waals surface area (Å²) in [5.41, 5.74) is 0. The van der Waals surface area contributed by atoms with Gasteiger partial charge in [-0.15, -0.1) is 0 Å². The number of hydrogen-bond acceptors (Lipinski definition) is 6. The second-order valence-corrected chi connectivity index (χ2v) is 5.75. The molecule has 0 saturated carbocycles. The molecule has 20 heavy (non-hydrogen) atoms. The molecule has 7 heteroatoms. The number of allylic oxidation sites excluding steroid dienone is 1. The van der Waals surface area contributed by atoms with Gasteiger partial charge in [0.15, 0.2) is 0 Å². The Kier molecular flexibility index (Phi) is 13.2. The maximum absolute atomic E-state index is 5.67. The van der Waals surface area contributed by atoms with E-state index in [0.717, 1.165) is 0 Å². The van der Waals surface area contributed by atoms with Crippen molar-refractivity contribution in [2.24, 2.45) is 0 Å². The quantitative estimate of drug-likeness (QED) is 0.278. The van der Waals surface area contributed by atoms with Crippen molar-refractivity contribution < 1.29 is 27.2 Å². The minimum Gasteiger partial charge on any atom is -0.499 e. The van der Waals surface area contributed by atoms with E-state index in [1.165, 1.54) is 0 Å². The van der Waals surface area contributed by atoms with E-state index in [-0.39, 0.29) is 0 Å². The van der Waals surface area contributed by atoms with Gasteiger partial charge in [0.05, 0.1) is 26.1 Å². The zero-order valence-electron chi connectivity index (χ0n) is 13.1. The molecule has 0 amide bonds. The lowest BCUT2D eigenvalue weighted by Crippen LogP contribution is -2.50. The summed E-state index contributed by atoms with van der Waals surface area (Å²) in [6, 6.07) is 0. The van der Waals surface area contributed by atoms with Gasteiger partial charge < -0.3 is 27.2 Å². The average Bonchev–Trinajstić information content (AvgIpc) is 2.43. The molecule has 0 fully saturated rings. The van der Waals surface area contributed by atoms with Gasteiger partial charge in [0.1, 0.15) is 6.61 Å². The van der Waals surface area contributed by atoms with Gasteiger partial charge in [-0.25, -0.2) is 0 Å². The number of ether oxygens (including phenoxy) is 2. The van der Waals surface area contributed by atoms with Crippen LogP contribution in [-0.2, 0) is 27.2 Å². The fraction of sp³-hybridized carbons (Fsp3) is 0.846. The molecule has 0 rings (SSSR count). The van der Waals surface area contributed by atoms with E-state index in [0.29, 0.717) is 46.2 Å². The first-order valence-electron chi connectivity index (χ1n) is 7.10. The molecule has 0 aliphatic rings.